The van der Waals surface area contributed by atoms with Gasteiger partial charge >= 0.3 is 0 Å². The number of aromatic nitrogens is 1. The van der Waals surface area contributed by atoms with Gasteiger partial charge in [-0.15, -0.1) is 11.3 Å². The van der Waals surface area contributed by atoms with Crippen molar-refractivity contribution in [1.82, 2.24) is 15.6 Å². The van der Waals surface area contributed by atoms with Gasteiger partial charge in [-0.05, 0) is 32.0 Å². The molecular formula is C19H21N3O4S. The fraction of sp³-hybridized carbons (Fsp3) is 0.316. The number of hydrogen-bond acceptors (Lipinski definition) is 6. The molecule has 0 unspecified atom stereocenters. The summed E-state index contributed by atoms with van der Waals surface area (Å²) in [6.45, 7) is 6.27. The van der Waals surface area contributed by atoms with E-state index in [9.17, 15) is 9.59 Å². The van der Waals surface area contributed by atoms with Crippen LogP contribution >= 0.6 is 11.3 Å². The van der Waals surface area contributed by atoms with Crippen LogP contribution in [-0.2, 0) is 11.4 Å². The Balaban J connectivity index is 1.74. The number of benzene rings is 1. The van der Waals surface area contributed by atoms with Crippen molar-refractivity contribution in [2.75, 3.05) is 13.1 Å². The molecule has 0 saturated heterocycles. The third-order valence-corrected chi connectivity index (χ3v) is 4.97. The van der Waals surface area contributed by atoms with E-state index in [1.165, 1.54) is 6.92 Å². The van der Waals surface area contributed by atoms with Gasteiger partial charge in [-0.1, -0.05) is 0 Å². The number of furan rings is 1. The van der Waals surface area contributed by atoms with Gasteiger partial charge in [-0.3, -0.25) is 9.59 Å². The van der Waals surface area contributed by atoms with E-state index >= 15 is 0 Å². The quantitative estimate of drug-likeness (QED) is 0.608. The highest BCUT2D eigenvalue weighted by molar-refractivity contribution is 7.09. The van der Waals surface area contributed by atoms with Crippen LogP contribution in [0.1, 0.15) is 33.6 Å². The number of nitrogens with zero attached hydrogens (tertiary/aromatic N) is 1. The van der Waals surface area contributed by atoms with Crippen molar-refractivity contribution in [1.29, 1.82) is 0 Å². The Kier molecular flexibility index (Phi) is 5.75. The highest BCUT2D eigenvalue weighted by atomic mass is 32.1. The predicted molar refractivity (Wildman–Crippen MR) is 103 cm³/mol. The molecule has 0 aliphatic rings. The zero-order chi connectivity index (χ0) is 19.4. The van der Waals surface area contributed by atoms with Crippen molar-refractivity contribution < 1.29 is 18.7 Å². The molecule has 0 bridgehead atoms. The third-order valence-electron chi connectivity index (χ3n) is 4.06. The maximum absolute atomic E-state index is 12.6. The van der Waals surface area contributed by atoms with Crippen LogP contribution in [-0.4, -0.2) is 29.9 Å². The second-order valence-electron chi connectivity index (χ2n) is 6.08. The summed E-state index contributed by atoms with van der Waals surface area (Å²) in [6, 6.07) is 5.43. The molecule has 2 N–H and O–H groups in total. The number of carbonyl (C=O) groups is 2. The molecule has 2 amide bonds. The number of carbonyl (C=O) groups excluding carboxylic acids is 2. The number of nitrogens with one attached hydrogen (secondary N) is 2. The molecule has 3 aromatic rings. The summed E-state index contributed by atoms with van der Waals surface area (Å²) in [7, 11) is 0. The Morgan fingerprint density at radius 1 is 1.22 bits per heavy atom. The van der Waals surface area contributed by atoms with Crippen LogP contribution in [0.25, 0.3) is 11.0 Å². The van der Waals surface area contributed by atoms with E-state index < -0.39 is 0 Å². The van der Waals surface area contributed by atoms with Crippen LogP contribution in [0.5, 0.6) is 5.75 Å². The molecule has 2 heterocycles. The number of ether oxygens (including phenoxy) is 1. The summed E-state index contributed by atoms with van der Waals surface area (Å²) in [5.74, 6) is 0.820. The van der Waals surface area contributed by atoms with Gasteiger partial charge in [0.25, 0.3) is 5.91 Å². The lowest BCUT2D eigenvalue weighted by Crippen LogP contribution is -2.33. The van der Waals surface area contributed by atoms with Gasteiger partial charge < -0.3 is 19.8 Å². The predicted octanol–water partition coefficient (Wildman–Crippen LogP) is 2.95. The Hall–Kier alpha value is -2.87. The minimum Gasteiger partial charge on any atom is -0.488 e. The Morgan fingerprint density at radius 3 is 2.70 bits per heavy atom. The molecule has 0 atom stereocenters. The van der Waals surface area contributed by atoms with E-state index in [2.05, 4.69) is 15.6 Å². The molecule has 8 heteroatoms. The lowest BCUT2D eigenvalue weighted by Gasteiger charge is -2.07. The number of aryl methyl sites for hydroxylation is 2. The zero-order valence-electron chi connectivity index (χ0n) is 15.4. The minimum atomic E-state index is -0.243. The molecule has 0 spiro atoms. The number of thiazole rings is 1. The Morgan fingerprint density at radius 2 is 2.00 bits per heavy atom. The van der Waals surface area contributed by atoms with Crippen molar-refractivity contribution in [2.24, 2.45) is 0 Å². The van der Waals surface area contributed by atoms with E-state index in [0.717, 1.165) is 10.6 Å². The smallest absolute Gasteiger partial charge is 0.255 e. The molecule has 0 aliphatic heterocycles. The van der Waals surface area contributed by atoms with Gasteiger partial charge in [0.1, 0.15) is 23.7 Å². The van der Waals surface area contributed by atoms with Crippen molar-refractivity contribution in [3.05, 3.63) is 45.6 Å². The van der Waals surface area contributed by atoms with Crippen LogP contribution in [0.15, 0.2) is 28.1 Å². The first kappa shape index (κ1) is 18.9. The van der Waals surface area contributed by atoms with Crippen molar-refractivity contribution in [3.8, 4) is 5.75 Å². The first-order valence-electron chi connectivity index (χ1n) is 8.53. The maximum Gasteiger partial charge on any atom is 0.255 e. The number of hydrogen-bond donors (Lipinski definition) is 2. The highest BCUT2D eigenvalue weighted by Gasteiger charge is 2.18. The van der Waals surface area contributed by atoms with Crippen LogP contribution in [0.2, 0.25) is 0 Å². The minimum absolute atomic E-state index is 0.132. The monoisotopic (exact) mass is 387 g/mol. The first-order chi connectivity index (χ1) is 13.0. The molecule has 7 nitrogen and oxygen atoms in total. The number of fused-ring (bicyclic) bond motifs is 1. The molecule has 1 aromatic carbocycles. The van der Waals surface area contributed by atoms with Gasteiger partial charge in [0, 0.05) is 25.4 Å². The van der Waals surface area contributed by atoms with Crippen LogP contribution < -0.4 is 15.4 Å². The van der Waals surface area contributed by atoms with Crippen LogP contribution in [0, 0.1) is 13.8 Å². The molecule has 0 saturated carbocycles. The molecule has 2 aromatic heterocycles. The normalized spacial score (nSPS) is 10.8. The summed E-state index contributed by atoms with van der Waals surface area (Å²) in [5, 5.41) is 6.13. The molecule has 3 rings (SSSR count). The van der Waals surface area contributed by atoms with Gasteiger partial charge in [-0.25, -0.2) is 4.98 Å². The highest BCUT2D eigenvalue weighted by Crippen LogP contribution is 2.29. The van der Waals surface area contributed by atoms with Gasteiger partial charge in [-0.2, -0.15) is 0 Å². The molecule has 0 radical (unpaired) electrons. The third kappa shape index (κ3) is 4.46. The van der Waals surface area contributed by atoms with Crippen molar-refractivity contribution in [3.63, 3.8) is 0 Å². The van der Waals surface area contributed by atoms with Crippen LogP contribution in [0.3, 0.4) is 0 Å². The van der Waals surface area contributed by atoms with E-state index in [1.807, 2.05) is 19.1 Å². The van der Waals surface area contributed by atoms with Gasteiger partial charge in [0.05, 0.1) is 21.6 Å². The van der Waals surface area contributed by atoms with Crippen molar-refractivity contribution >= 4 is 34.1 Å². The lowest BCUT2D eigenvalue weighted by atomic mass is 10.1. The molecular weight excluding hydrogens is 366 g/mol. The van der Waals surface area contributed by atoms with Crippen molar-refractivity contribution in [2.45, 2.75) is 27.4 Å². The Bertz CT molecular complexity index is 977. The molecule has 0 aliphatic carbocycles. The molecule has 0 fully saturated rings. The van der Waals surface area contributed by atoms with Gasteiger partial charge in [0.2, 0.25) is 5.91 Å². The Labute approximate surface area is 160 Å². The lowest BCUT2D eigenvalue weighted by molar-refractivity contribution is -0.118. The summed E-state index contributed by atoms with van der Waals surface area (Å²) in [6.07, 6.45) is 0. The fourth-order valence-corrected chi connectivity index (χ4v) is 3.38. The second-order valence-corrected chi connectivity index (χ2v) is 7.02. The largest absolute Gasteiger partial charge is 0.488 e. The fourth-order valence-electron chi connectivity index (χ4n) is 2.69. The average Bonchev–Trinajstić information content (AvgIpc) is 3.18. The SMILES string of the molecule is CC(=O)NCCNC(=O)c1c(C)oc2ccc(OCc3scnc3C)cc12. The van der Waals surface area contributed by atoms with Crippen LogP contribution in [0.4, 0.5) is 0 Å². The zero-order valence-corrected chi connectivity index (χ0v) is 16.2. The number of amides is 2. The topological polar surface area (TPSA) is 93.5 Å². The van der Waals surface area contributed by atoms with E-state index in [-0.39, 0.29) is 11.8 Å². The first-order valence-corrected chi connectivity index (χ1v) is 9.41. The summed E-state index contributed by atoms with van der Waals surface area (Å²) >= 11 is 1.55. The number of rotatable bonds is 7. The summed E-state index contributed by atoms with van der Waals surface area (Å²) in [4.78, 5) is 28.7. The molecule has 142 valence electrons. The molecule has 27 heavy (non-hydrogen) atoms. The second kappa shape index (κ2) is 8.22. The maximum atomic E-state index is 12.6. The average molecular weight is 387 g/mol. The van der Waals surface area contributed by atoms with E-state index in [4.69, 9.17) is 9.15 Å². The van der Waals surface area contributed by atoms with E-state index in [1.54, 1.807) is 29.8 Å². The van der Waals surface area contributed by atoms with E-state index in [0.29, 0.717) is 47.7 Å². The summed E-state index contributed by atoms with van der Waals surface area (Å²) < 4.78 is 11.6. The summed E-state index contributed by atoms with van der Waals surface area (Å²) in [5.41, 5.74) is 3.85. The van der Waals surface area contributed by atoms with Gasteiger partial charge in [0.15, 0.2) is 0 Å². The standard InChI is InChI=1S/C19H21N3O4S/c1-11-17(27-10-22-11)9-25-14-4-5-16-15(8-14)18(12(2)26-16)19(24)21-7-6-20-13(3)23/h4-5,8,10H,6-7,9H2,1-3H3,(H,20,23)(H,21,24).